The summed E-state index contributed by atoms with van der Waals surface area (Å²) in [6, 6.07) is 7.18. The van der Waals surface area contributed by atoms with E-state index in [9.17, 15) is 4.39 Å². The molecule has 102 valence electrons. The molecule has 0 saturated carbocycles. The molecule has 1 N–H and O–H groups in total. The molecule has 0 bridgehead atoms. The Morgan fingerprint density at radius 2 is 1.89 bits per heavy atom. The van der Waals surface area contributed by atoms with Crippen LogP contribution < -0.4 is 5.32 Å². The molecule has 0 amide bonds. The molecule has 2 aromatic rings. The number of hydrogen-bond acceptors (Lipinski definition) is 2. The zero-order chi connectivity index (χ0) is 14.0. The summed E-state index contributed by atoms with van der Waals surface area (Å²) in [5.74, 6) is -0.182. The lowest BCUT2D eigenvalue weighted by atomic mass is 9.95. The van der Waals surface area contributed by atoms with Crippen molar-refractivity contribution in [1.82, 2.24) is 5.32 Å². The van der Waals surface area contributed by atoms with Crippen molar-refractivity contribution in [3.05, 3.63) is 56.0 Å². The second kappa shape index (κ2) is 6.04. The van der Waals surface area contributed by atoms with Crippen LogP contribution in [0.15, 0.2) is 24.3 Å². The van der Waals surface area contributed by atoms with Gasteiger partial charge in [-0.3, -0.25) is 0 Å². The summed E-state index contributed by atoms with van der Waals surface area (Å²) in [6.45, 7) is 6.81. The quantitative estimate of drug-likeness (QED) is 0.850. The van der Waals surface area contributed by atoms with Gasteiger partial charge in [-0.05, 0) is 61.3 Å². The van der Waals surface area contributed by atoms with E-state index < -0.39 is 0 Å². The molecular formula is C15H17ClFNS. The summed E-state index contributed by atoms with van der Waals surface area (Å²) in [4.78, 5) is 1.16. The molecule has 4 heteroatoms. The van der Waals surface area contributed by atoms with E-state index in [2.05, 4.69) is 12.2 Å². The Labute approximate surface area is 122 Å². The molecule has 0 saturated heterocycles. The molecule has 1 aromatic carbocycles. The van der Waals surface area contributed by atoms with Gasteiger partial charge in [0.1, 0.15) is 5.82 Å². The number of hydrogen-bond donors (Lipinski definition) is 1. The zero-order valence-corrected chi connectivity index (χ0v) is 12.8. The fourth-order valence-electron chi connectivity index (χ4n) is 2.41. The van der Waals surface area contributed by atoms with Crippen LogP contribution in [0.1, 0.15) is 34.5 Å². The second-order valence-corrected chi connectivity index (χ2v) is 6.33. The van der Waals surface area contributed by atoms with Crippen LogP contribution in [0.5, 0.6) is 0 Å². The first-order valence-electron chi connectivity index (χ1n) is 6.28. The first-order chi connectivity index (χ1) is 9.02. The van der Waals surface area contributed by atoms with Crippen LogP contribution in [0.25, 0.3) is 0 Å². The Balaban J connectivity index is 2.51. The molecule has 0 spiro atoms. The van der Waals surface area contributed by atoms with E-state index in [0.717, 1.165) is 32.4 Å². The van der Waals surface area contributed by atoms with Crippen LogP contribution in [0.2, 0.25) is 4.34 Å². The molecule has 2 rings (SSSR count). The highest BCUT2D eigenvalue weighted by atomic mass is 35.5. The third-order valence-corrected chi connectivity index (χ3v) is 4.43. The highest BCUT2D eigenvalue weighted by Crippen LogP contribution is 2.34. The maximum Gasteiger partial charge on any atom is 0.123 e. The van der Waals surface area contributed by atoms with E-state index in [1.807, 2.05) is 26.0 Å². The average molecular weight is 298 g/mol. The molecule has 1 unspecified atom stereocenters. The van der Waals surface area contributed by atoms with Crippen LogP contribution in [0.3, 0.4) is 0 Å². The maximum atomic E-state index is 13.4. The van der Waals surface area contributed by atoms with Crippen molar-refractivity contribution < 1.29 is 4.39 Å². The van der Waals surface area contributed by atoms with Gasteiger partial charge in [-0.25, -0.2) is 4.39 Å². The van der Waals surface area contributed by atoms with Gasteiger partial charge in [-0.2, -0.15) is 0 Å². The van der Waals surface area contributed by atoms with Crippen molar-refractivity contribution in [2.24, 2.45) is 0 Å². The van der Waals surface area contributed by atoms with E-state index in [-0.39, 0.29) is 11.9 Å². The first-order valence-corrected chi connectivity index (χ1v) is 7.47. The van der Waals surface area contributed by atoms with E-state index in [1.165, 1.54) is 0 Å². The van der Waals surface area contributed by atoms with Crippen LogP contribution in [-0.4, -0.2) is 6.54 Å². The summed E-state index contributed by atoms with van der Waals surface area (Å²) < 4.78 is 14.2. The van der Waals surface area contributed by atoms with Gasteiger partial charge in [0.15, 0.2) is 0 Å². The van der Waals surface area contributed by atoms with Crippen molar-refractivity contribution in [3.8, 4) is 0 Å². The fraction of sp³-hybridized carbons (Fsp3) is 0.333. The van der Waals surface area contributed by atoms with E-state index in [4.69, 9.17) is 11.6 Å². The monoisotopic (exact) mass is 297 g/mol. The molecule has 1 atom stereocenters. The van der Waals surface area contributed by atoms with Gasteiger partial charge < -0.3 is 5.32 Å². The lowest BCUT2D eigenvalue weighted by Crippen LogP contribution is -2.23. The molecule has 0 aliphatic carbocycles. The second-order valence-electron chi connectivity index (χ2n) is 4.59. The minimum absolute atomic E-state index is 0.0723. The van der Waals surface area contributed by atoms with Crippen molar-refractivity contribution >= 4 is 22.9 Å². The Hall–Kier alpha value is -0.900. The minimum Gasteiger partial charge on any atom is -0.306 e. The molecular weight excluding hydrogens is 281 g/mol. The molecule has 1 heterocycles. The fourth-order valence-corrected chi connectivity index (χ4v) is 3.56. The molecule has 0 aliphatic rings. The summed E-state index contributed by atoms with van der Waals surface area (Å²) in [5, 5.41) is 3.46. The Bertz CT molecular complexity index is 556. The first kappa shape index (κ1) is 14.5. The molecule has 0 aliphatic heterocycles. The van der Waals surface area contributed by atoms with Crippen LogP contribution in [0.4, 0.5) is 4.39 Å². The van der Waals surface area contributed by atoms with Crippen molar-refractivity contribution in [2.45, 2.75) is 26.8 Å². The van der Waals surface area contributed by atoms with Gasteiger partial charge in [0.25, 0.3) is 0 Å². The van der Waals surface area contributed by atoms with Crippen LogP contribution in [-0.2, 0) is 0 Å². The predicted octanol–water partition coefficient (Wildman–Crippen LogP) is 4.86. The number of nitrogens with one attached hydrogen (secondary N) is 1. The van der Waals surface area contributed by atoms with Crippen LogP contribution >= 0.6 is 22.9 Å². The Morgan fingerprint density at radius 1 is 1.26 bits per heavy atom. The molecule has 19 heavy (non-hydrogen) atoms. The van der Waals surface area contributed by atoms with Gasteiger partial charge in [-0.1, -0.05) is 18.5 Å². The third kappa shape index (κ3) is 3.16. The van der Waals surface area contributed by atoms with Crippen molar-refractivity contribution in [1.29, 1.82) is 0 Å². The highest BCUT2D eigenvalue weighted by molar-refractivity contribution is 7.16. The maximum absolute atomic E-state index is 13.4. The molecule has 0 fully saturated rings. The number of rotatable bonds is 4. The Morgan fingerprint density at radius 3 is 2.37 bits per heavy atom. The van der Waals surface area contributed by atoms with Gasteiger partial charge in [-0.15, -0.1) is 11.3 Å². The summed E-state index contributed by atoms with van der Waals surface area (Å²) in [6.07, 6.45) is 0. The number of aryl methyl sites for hydroxylation is 2. The normalized spacial score (nSPS) is 12.7. The summed E-state index contributed by atoms with van der Waals surface area (Å²) in [7, 11) is 0. The largest absolute Gasteiger partial charge is 0.306 e. The number of benzene rings is 1. The molecule has 1 nitrogen and oxygen atoms in total. The Kier molecular flexibility index (Phi) is 4.61. The zero-order valence-electron chi connectivity index (χ0n) is 11.3. The van der Waals surface area contributed by atoms with E-state index in [1.54, 1.807) is 23.5 Å². The van der Waals surface area contributed by atoms with Gasteiger partial charge in [0.05, 0.1) is 10.4 Å². The predicted molar refractivity (Wildman–Crippen MR) is 80.7 cm³/mol. The topological polar surface area (TPSA) is 12.0 Å². The van der Waals surface area contributed by atoms with E-state index in [0.29, 0.717) is 0 Å². The average Bonchev–Trinajstić information content (AvgIpc) is 2.73. The van der Waals surface area contributed by atoms with Crippen molar-refractivity contribution in [3.63, 3.8) is 0 Å². The summed E-state index contributed by atoms with van der Waals surface area (Å²) >= 11 is 7.59. The molecule has 0 radical (unpaired) electrons. The lowest BCUT2D eigenvalue weighted by Gasteiger charge is -2.21. The standard InChI is InChI=1S/C15H17ClFNS/c1-4-18-15(12-5-6-13(16)19-12)14-9(2)7-11(17)8-10(14)3/h5-8,15,18H,4H2,1-3H3. The number of halogens is 2. The van der Waals surface area contributed by atoms with Gasteiger partial charge in [0.2, 0.25) is 0 Å². The van der Waals surface area contributed by atoms with E-state index >= 15 is 0 Å². The van der Waals surface area contributed by atoms with Crippen molar-refractivity contribution in [2.75, 3.05) is 6.54 Å². The minimum atomic E-state index is -0.182. The lowest BCUT2D eigenvalue weighted by molar-refractivity contribution is 0.610. The number of thiophene rings is 1. The molecule has 1 aromatic heterocycles. The highest BCUT2D eigenvalue weighted by Gasteiger charge is 2.19. The van der Waals surface area contributed by atoms with Crippen LogP contribution in [0, 0.1) is 19.7 Å². The SMILES string of the molecule is CCNC(c1ccc(Cl)s1)c1c(C)cc(F)cc1C. The summed E-state index contributed by atoms with van der Waals surface area (Å²) in [5.41, 5.74) is 3.07. The smallest absolute Gasteiger partial charge is 0.123 e. The van der Waals surface area contributed by atoms with Gasteiger partial charge in [0, 0.05) is 4.88 Å². The van der Waals surface area contributed by atoms with Gasteiger partial charge >= 0.3 is 0 Å². The third-order valence-electron chi connectivity index (χ3n) is 3.13.